The minimum atomic E-state index is -3.64. The first-order chi connectivity index (χ1) is 11.0. The van der Waals surface area contributed by atoms with Crippen molar-refractivity contribution in [2.75, 3.05) is 33.3 Å². The number of rotatable bonds is 8. The number of nitrogens with zero attached hydrogens (tertiary/aromatic N) is 2. The Bertz CT molecular complexity index is 609. The van der Waals surface area contributed by atoms with E-state index in [0.717, 1.165) is 17.4 Å². The van der Waals surface area contributed by atoms with Gasteiger partial charge < -0.3 is 15.7 Å². The van der Waals surface area contributed by atoms with Crippen LogP contribution >= 0.6 is 0 Å². The lowest BCUT2D eigenvalue weighted by atomic mass is 10.2. The van der Waals surface area contributed by atoms with Crippen LogP contribution < -0.4 is 10.6 Å². The molecule has 0 aliphatic rings. The van der Waals surface area contributed by atoms with Gasteiger partial charge in [0.15, 0.2) is 5.96 Å². The van der Waals surface area contributed by atoms with Crippen LogP contribution in [0.5, 0.6) is 0 Å². The third-order valence-corrected chi connectivity index (χ3v) is 5.13. The Morgan fingerprint density at radius 3 is 2.39 bits per heavy atom. The SMILES string of the molecule is CCNC(=NCc1ccccc1S(=O)(=O)N(C)CCO)NCC. The molecule has 0 aromatic heterocycles. The van der Waals surface area contributed by atoms with Crippen molar-refractivity contribution >= 4 is 16.0 Å². The smallest absolute Gasteiger partial charge is 0.243 e. The minimum Gasteiger partial charge on any atom is -0.395 e. The summed E-state index contributed by atoms with van der Waals surface area (Å²) in [6.07, 6.45) is 0. The van der Waals surface area contributed by atoms with Crippen molar-refractivity contribution in [3.63, 3.8) is 0 Å². The van der Waals surface area contributed by atoms with E-state index in [1.165, 1.54) is 7.05 Å². The normalized spacial score (nSPS) is 11.3. The number of benzene rings is 1. The molecule has 0 fully saturated rings. The molecule has 1 aromatic carbocycles. The lowest BCUT2D eigenvalue weighted by Gasteiger charge is -2.18. The fraction of sp³-hybridized carbons (Fsp3) is 0.533. The molecule has 0 heterocycles. The summed E-state index contributed by atoms with van der Waals surface area (Å²) in [5.41, 5.74) is 0.616. The van der Waals surface area contributed by atoms with Crippen LogP contribution in [0.15, 0.2) is 34.2 Å². The molecule has 7 nitrogen and oxygen atoms in total. The topological polar surface area (TPSA) is 94.0 Å². The highest BCUT2D eigenvalue weighted by molar-refractivity contribution is 7.89. The maximum Gasteiger partial charge on any atom is 0.243 e. The number of nitrogens with one attached hydrogen (secondary N) is 2. The summed E-state index contributed by atoms with van der Waals surface area (Å²) in [5.74, 6) is 0.644. The largest absolute Gasteiger partial charge is 0.395 e. The molecule has 0 amide bonds. The van der Waals surface area contributed by atoms with E-state index >= 15 is 0 Å². The second-order valence-corrected chi connectivity index (χ2v) is 6.90. The van der Waals surface area contributed by atoms with Crippen LogP contribution in [0.3, 0.4) is 0 Å². The highest BCUT2D eigenvalue weighted by atomic mass is 32.2. The first-order valence-corrected chi connectivity index (χ1v) is 9.08. The zero-order chi connectivity index (χ0) is 17.3. The fourth-order valence-corrected chi connectivity index (χ4v) is 3.36. The molecule has 0 spiro atoms. The highest BCUT2D eigenvalue weighted by Gasteiger charge is 2.23. The van der Waals surface area contributed by atoms with Crippen molar-refractivity contribution in [3.8, 4) is 0 Å². The average molecular weight is 342 g/mol. The van der Waals surface area contributed by atoms with Gasteiger partial charge in [-0.1, -0.05) is 18.2 Å². The lowest BCUT2D eigenvalue weighted by molar-refractivity contribution is 0.266. The van der Waals surface area contributed by atoms with Gasteiger partial charge in [-0.3, -0.25) is 0 Å². The zero-order valence-electron chi connectivity index (χ0n) is 13.9. The van der Waals surface area contributed by atoms with E-state index in [9.17, 15) is 8.42 Å². The van der Waals surface area contributed by atoms with E-state index in [0.29, 0.717) is 11.5 Å². The molecule has 1 aromatic rings. The number of sulfonamides is 1. The number of likely N-dealkylation sites (N-methyl/N-ethyl adjacent to an activating group) is 1. The third kappa shape index (κ3) is 5.49. The van der Waals surface area contributed by atoms with Crippen LogP contribution in [0.2, 0.25) is 0 Å². The number of aliphatic hydroxyl groups is 1. The van der Waals surface area contributed by atoms with Gasteiger partial charge in [0.1, 0.15) is 0 Å². The number of aliphatic imine (C=N–C) groups is 1. The standard InChI is InChI=1S/C15H26N4O3S/c1-4-16-15(17-5-2)18-12-13-8-6-7-9-14(13)23(21,22)19(3)10-11-20/h6-9,20H,4-5,10-12H2,1-3H3,(H2,16,17,18). The highest BCUT2D eigenvalue weighted by Crippen LogP contribution is 2.19. The van der Waals surface area contributed by atoms with E-state index in [1.807, 2.05) is 13.8 Å². The molecule has 0 unspecified atom stereocenters. The molecule has 0 saturated carbocycles. The van der Waals surface area contributed by atoms with E-state index in [-0.39, 0.29) is 24.6 Å². The van der Waals surface area contributed by atoms with E-state index in [1.54, 1.807) is 24.3 Å². The Morgan fingerprint density at radius 1 is 1.22 bits per heavy atom. The van der Waals surface area contributed by atoms with Crippen molar-refractivity contribution in [2.45, 2.75) is 25.3 Å². The summed E-state index contributed by atoms with van der Waals surface area (Å²) in [7, 11) is -2.19. The summed E-state index contributed by atoms with van der Waals surface area (Å²) in [4.78, 5) is 4.63. The second-order valence-electron chi connectivity index (χ2n) is 4.88. The number of guanidine groups is 1. The molecule has 0 radical (unpaired) electrons. The monoisotopic (exact) mass is 342 g/mol. The number of hydrogen-bond acceptors (Lipinski definition) is 4. The van der Waals surface area contributed by atoms with Gasteiger partial charge in [0.2, 0.25) is 10.0 Å². The quantitative estimate of drug-likeness (QED) is 0.469. The van der Waals surface area contributed by atoms with Crippen LogP contribution in [-0.4, -0.2) is 57.1 Å². The van der Waals surface area contributed by atoms with Crippen LogP contribution in [0.4, 0.5) is 0 Å². The van der Waals surface area contributed by atoms with Crippen LogP contribution in [0.1, 0.15) is 19.4 Å². The van der Waals surface area contributed by atoms with Gasteiger partial charge >= 0.3 is 0 Å². The summed E-state index contributed by atoms with van der Waals surface area (Å²) in [5, 5.41) is 15.2. The molecule has 3 N–H and O–H groups in total. The van der Waals surface area contributed by atoms with Gasteiger partial charge in [0, 0.05) is 26.7 Å². The first kappa shape index (κ1) is 19.4. The Labute approximate surface area is 138 Å². The molecule has 0 aliphatic carbocycles. The third-order valence-electron chi connectivity index (χ3n) is 3.17. The van der Waals surface area contributed by atoms with Crippen molar-refractivity contribution in [1.29, 1.82) is 0 Å². The van der Waals surface area contributed by atoms with Gasteiger partial charge in [-0.25, -0.2) is 13.4 Å². The molecule has 0 saturated heterocycles. The van der Waals surface area contributed by atoms with E-state index in [2.05, 4.69) is 15.6 Å². The van der Waals surface area contributed by atoms with Crippen molar-refractivity contribution in [3.05, 3.63) is 29.8 Å². The van der Waals surface area contributed by atoms with E-state index < -0.39 is 10.0 Å². The summed E-state index contributed by atoms with van der Waals surface area (Å²) >= 11 is 0. The van der Waals surface area contributed by atoms with Gasteiger partial charge in [-0.15, -0.1) is 0 Å². The van der Waals surface area contributed by atoms with Crippen LogP contribution in [-0.2, 0) is 16.6 Å². The number of hydrogen-bond donors (Lipinski definition) is 3. The van der Waals surface area contributed by atoms with Gasteiger partial charge in [-0.05, 0) is 25.5 Å². The summed E-state index contributed by atoms with van der Waals surface area (Å²) in [6.45, 7) is 5.47. The fourth-order valence-electron chi connectivity index (χ4n) is 1.99. The Hall–Kier alpha value is -1.64. The molecular weight excluding hydrogens is 316 g/mol. The van der Waals surface area contributed by atoms with Crippen molar-refractivity contribution < 1.29 is 13.5 Å². The molecule has 1 rings (SSSR count). The maximum absolute atomic E-state index is 12.6. The molecule has 0 aliphatic heterocycles. The predicted octanol–water partition coefficient (Wildman–Crippen LogP) is 0.374. The van der Waals surface area contributed by atoms with Gasteiger partial charge in [0.25, 0.3) is 0 Å². The maximum atomic E-state index is 12.6. The Kier molecular flexibility index (Phi) is 8.01. The van der Waals surface area contributed by atoms with E-state index in [4.69, 9.17) is 5.11 Å². The van der Waals surface area contributed by atoms with Crippen LogP contribution in [0, 0.1) is 0 Å². The Morgan fingerprint density at radius 2 is 1.83 bits per heavy atom. The van der Waals surface area contributed by atoms with Gasteiger partial charge in [-0.2, -0.15) is 4.31 Å². The molecule has 0 atom stereocenters. The average Bonchev–Trinajstić information content (AvgIpc) is 2.53. The summed E-state index contributed by atoms with van der Waals surface area (Å²) < 4.78 is 26.3. The van der Waals surface area contributed by atoms with Crippen molar-refractivity contribution in [2.24, 2.45) is 4.99 Å². The summed E-state index contributed by atoms with van der Waals surface area (Å²) in [6, 6.07) is 6.78. The molecular formula is C15H26N4O3S. The Balaban J connectivity index is 3.08. The second kappa shape index (κ2) is 9.49. The molecule has 8 heteroatoms. The zero-order valence-corrected chi connectivity index (χ0v) is 14.7. The van der Waals surface area contributed by atoms with Crippen LogP contribution in [0.25, 0.3) is 0 Å². The predicted molar refractivity (Wildman–Crippen MR) is 91.8 cm³/mol. The first-order valence-electron chi connectivity index (χ1n) is 7.64. The van der Waals surface area contributed by atoms with Gasteiger partial charge in [0.05, 0.1) is 18.0 Å². The molecule has 130 valence electrons. The molecule has 0 bridgehead atoms. The number of aliphatic hydroxyl groups excluding tert-OH is 1. The molecule has 23 heavy (non-hydrogen) atoms. The minimum absolute atomic E-state index is 0.0555. The van der Waals surface area contributed by atoms with Crippen molar-refractivity contribution in [1.82, 2.24) is 14.9 Å². The lowest BCUT2D eigenvalue weighted by Crippen LogP contribution is -2.37.